The smallest absolute Gasteiger partial charge is 0.0279 e. The van der Waals surface area contributed by atoms with Gasteiger partial charge < -0.3 is 0 Å². The Labute approximate surface area is 119 Å². The van der Waals surface area contributed by atoms with Crippen LogP contribution in [0.4, 0.5) is 0 Å². The molecule has 0 heterocycles. The summed E-state index contributed by atoms with van der Waals surface area (Å²) in [6, 6.07) is 8.48. The summed E-state index contributed by atoms with van der Waals surface area (Å²) >= 11 is 0. The normalized spacial score (nSPS) is 11.1. The van der Waals surface area contributed by atoms with Crippen LogP contribution in [0.2, 0.25) is 0 Å². The van der Waals surface area contributed by atoms with Crippen LogP contribution in [0.15, 0.2) is 60.7 Å². The number of allylic oxidation sites excluding steroid dienone is 5. The van der Waals surface area contributed by atoms with Crippen molar-refractivity contribution in [1.82, 2.24) is 0 Å². The quantitative estimate of drug-likeness (QED) is 0.553. The van der Waals surface area contributed by atoms with E-state index in [9.17, 15) is 0 Å². The zero-order valence-corrected chi connectivity index (χ0v) is 12.9. The van der Waals surface area contributed by atoms with E-state index in [1.54, 1.807) is 0 Å². The summed E-state index contributed by atoms with van der Waals surface area (Å²) in [7, 11) is 0. The standard InChI is InChI=1S/C11H18.C8H10/c1-4-7-9-11(6-3)10-8-5-2;1-7-3-5-8(2)6-4-7/h4,6-7,9H,3,5,8,10H2,1-2H3;3-6H,1-2H3/b7-4-,11-9+;. The zero-order chi connectivity index (χ0) is 14.5. The van der Waals surface area contributed by atoms with Crippen LogP contribution in [-0.4, -0.2) is 0 Å². The van der Waals surface area contributed by atoms with Crippen molar-refractivity contribution >= 4 is 0 Å². The van der Waals surface area contributed by atoms with Gasteiger partial charge in [0, 0.05) is 0 Å². The molecule has 1 aromatic rings. The molecule has 0 unspecified atom stereocenters. The Bertz CT molecular complexity index is 370. The van der Waals surface area contributed by atoms with E-state index in [0.717, 1.165) is 6.42 Å². The molecule has 19 heavy (non-hydrogen) atoms. The second kappa shape index (κ2) is 11.5. The Morgan fingerprint density at radius 2 is 1.63 bits per heavy atom. The second-order valence-corrected chi connectivity index (χ2v) is 4.73. The summed E-state index contributed by atoms with van der Waals surface area (Å²) in [6.07, 6.45) is 11.8. The van der Waals surface area contributed by atoms with Gasteiger partial charge in [-0.3, -0.25) is 0 Å². The average molecular weight is 256 g/mol. The molecule has 0 aliphatic heterocycles. The fourth-order valence-electron chi connectivity index (χ4n) is 1.49. The molecule has 0 atom stereocenters. The van der Waals surface area contributed by atoms with Gasteiger partial charge in [0.05, 0.1) is 0 Å². The molecular formula is C19H28. The van der Waals surface area contributed by atoms with Crippen molar-refractivity contribution in [3.63, 3.8) is 0 Å². The molecule has 0 aliphatic rings. The minimum absolute atomic E-state index is 1.16. The van der Waals surface area contributed by atoms with Gasteiger partial charge >= 0.3 is 0 Å². The van der Waals surface area contributed by atoms with Crippen LogP contribution < -0.4 is 0 Å². The van der Waals surface area contributed by atoms with Crippen molar-refractivity contribution in [3.05, 3.63) is 71.8 Å². The minimum atomic E-state index is 1.16. The zero-order valence-electron chi connectivity index (χ0n) is 12.9. The summed E-state index contributed by atoms with van der Waals surface area (Å²) in [6.45, 7) is 12.2. The van der Waals surface area contributed by atoms with Gasteiger partial charge in [0.25, 0.3) is 0 Å². The molecule has 0 fully saturated rings. The maximum atomic E-state index is 3.76. The lowest BCUT2D eigenvalue weighted by atomic mass is 10.1. The maximum absolute atomic E-state index is 3.76. The average Bonchev–Trinajstić information content (AvgIpc) is 2.43. The highest BCUT2D eigenvalue weighted by Gasteiger charge is 1.87. The topological polar surface area (TPSA) is 0 Å². The van der Waals surface area contributed by atoms with E-state index in [-0.39, 0.29) is 0 Å². The summed E-state index contributed by atoms with van der Waals surface area (Å²) in [5.74, 6) is 0. The molecule has 0 saturated heterocycles. The van der Waals surface area contributed by atoms with E-state index in [1.807, 2.05) is 19.1 Å². The van der Waals surface area contributed by atoms with Gasteiger partial charge in [-0.2, -0.15) is 0 Å². The third-order valence-corrected chi connectivity index (χ3v) is 2.80. The Balaban J connectivity index is 0.000000356. The summed E-state index contributed by atoms with van der Waals surface area (Å²) in [5.41, 5.74) is 4.00. The Morgan fingerprint density at radius 1 is 1.11 bits per heavy atom. The third-order valence-electron chi connectivity index (χ3n) is 2.80. The number of unbranched alkanes of at least 4 members (excludes halogenated alkanes) is 1. The minimum Gasteiger partial charge on any atom is -0.0988 e. The van der Waals surface area contributed by atoms with Crippen LogP contribution in [0.3, 0.4) is 0 Å². The lowest BCUT2D eigenvalue weighted by molar-refractivity contribution is 0.798. The monoisotopic (exact) mass is 256 g/mol. The van der Waals surface area contributed by atoms with E-state index >= 15 is 0 Å². The van der Waals surface area contributed by atoms with Gasteiger partial charge in [0.1, 0.15) is 0 Å². The van der Waals surface area contributed by atoms with E-state index in [2.05, 4.69) is 63.8 Å². The molecule has 1 rings (SSSR count). The number of benzene rings is 1. The number of rotatable bonds is 5. The lowest BCUT2D eigenvalue weighted by Crippen LogP contribution is -1.77. The van der Waals surface area contributed by atoms with Gasteiger partial charge in [-0.15, -0.1) is 0 Å². The predicted molar refractivity (Wildman–Crippen MR) is 88.5 cm³/mol. The second-order valence-electron chi connectivity index (χ2n) is 4.73. The fourth-order valence-corrected chi connectivity index (χ4v) is 1.49. The predicted octanol–water partition coefficient (Wildman–Crippen LogP) is 6.17. The molecule has 0 aliphatic carbocycles. The van der Waals surface area contributed by atoms with Gasteiger partial charge in [0.2, 0.25) is 0 Å². The molecule has 0 nitrogen and oxygen atoms in total. The highest BCUT2D eigenvalue weighted by Crippen LogP contribution is 2.07. The molecule has 0 N–H and O–H groups in total. The largest absolute Gasteiger partial charge is 0.0988 e. The van der Waals surface area contributed by atoms with Crippen LogP contribution in [0, 0.1) is 13.8 Å². The number of hydrogen-bond donors (Lipinski definition) is 0. The first kappa shape index (κ1) is 17.4. The first-order chi connectivity index (χ1) is 9.13. The lowest BCUT2D eigenvalue weighted by Gasteiger charge is -1.97. The van der Waals surface area contributed by atoms with Crippen LogP contribution in [-0.2, 0) is 0 Å². The molecule has 0 aromatic heterocycles. The summed E-state index contributed by atoms with van der Waals surface area (Å²) in [4.78, 5) is 0. The summed E-state index contributed by atoms with van der Waals surface area (Å²) < 4.78 is 0. The van der Waals surface area contributed by atoms with Crippen LogP contribution >= 0.6 is 0 Å². The van der Waals surface area contributed by atoms with E-state index in [1.165, 1.54) is 29.5 Å². The molecule has 0 spiro atoms. The van der Waals surface area contributed by atoms with Gasteiger partial charge in [-0.25, -0.2) is 0 Å². The van der Waals surface area contributed by atoms with Crippen molar-refractivity contribution in [3.8, 4) is 0 Å². The molecule has 1 aromatic carbocycles. The van der Waals surface area contributed by atoms with Crippen LogP contribution in [0.25, 0.3) is 0 Å². The van der Waals surface area contributed by atoms with E-state index in [0.29, 0.717) is 0 Å². The number of aryl methyl sites for hydroxylation is 2. The first-order valence-electron chi connectivity index (χ1n) is 7.11. The molecule has 104 valence electrons. The SMILES string of the molecule is C=C/C(=C\C=C/C)CCCC.Cc1ccc(C)cc1. The van der Waals surface area contributed by atoms with Gasteiger partial charge in [-0.1, -0.05) is 79.6 Å². The highest BCUT2D eigenvalue weighted by atomic mass is 13.9. The number of hydrogen-bond acceptors (Lipinski definition) is 0. The maximum Gasteiger partial charge on any atom is -0.0279 e. The van der Waals surface area contributed by atoms with Crippen LogP contribution in [0.1, 0.15) is 44.2 Å². The highest BCUT2D eigenvalue weighted by molar-refractivity contribution is 5.21. The van der Waals surface area contributed by atoms with Gasteiger partial charge in [0.15, 0.2) is 0 Å². The van der Waals surface area contributed by atoms with Crippen molar-refractivity contribution in [2.24, 2.45) is 0 Å². The molecular weight excluding hydrogens is 228 g/mol. The molecule has 0 amide bonds. The Kier molecular flexibility index (Phi) is 10.6. The fraction of sp³-hybridized carbons (Fsp3) is 0.368. The molecule has 0 heteroatoms. The van der Waals surface area contributed by atoms with Crippen LogP contribution in [0.5, 0.6) is 0 Å². The Hall–Kier alpha value is -1.56. The first-order valence-corrected chi connectivity index (χ1v) is 7.11. The Morgan fingerprint density at radius 3 is 2.00 bits per heavy atom. The molecule has 0 bridgehead atoms. The van der Waals surface area contributed by atoms with Crippen molar-refractivity contribution in [2.75, 3.05) is 0 Å². The van der Waals surface area contributed by atoms with Crippen molar-refractivity contribution in [1.29, 1.82) is 0 Å². The van der Waals surface area contributed by atoms with E-state index in [4.69, 9.17) is 0 Å². The van der Waals surface area contributed by atoms with Gasteiger partial charge in [-0.05, 0) is 39.2 Å². The van der Waals surface area contributed by atoms with E-state index < -0.39 is 0 Å². The molecule has 0 radical (unpaired) electrons. The summed E-state index contributed by atoms with van der Waals surface area (Å²) in [5, 5.41) is 0. The van der Waals surface area contributed by atoms with Crippen molar-refractivity contribution in [2.45, 2.75) is 47.0 Å². The van der Waals surface area contributed by atoms with Crippen molar-refractivity contribution < 1.29 is 0 Å². The third kappa shape index (κ3) is 10.1. The molecule has 0 saturated carbocycles.